The Morgan fingerprint density at radius 1 is 1.67 bits per heavy atom. The van der Waals surface area contributed by atoms with E-state index in [4.69, 9.17) is 10.8 Å². The van der Waals surface area contributed by atoms with Crippen LogP contribution in [0.4, 0.5) is 16.2 Å². The van der Waals surface area contributed by atoms with Crippen LogP contribution in [0.1, 0.15) is 13.3 Å². The standard InChI is InChI=1S/C12H18N4O2/c1-8-3-5-16(7-10(8)15-12(17)18)11-2-4-14-6-9(11)13/h2,4,6,8,10,15H,3,5,7,13H2,1H3,(H,17,18). The summed E-state index contributed by atoms with van der Waals surface area (Å²) in [5, 5.41) is 11.4. The fraction of sp³-hybridized carbons (Fsp3) is 0.500. The first-order valence-electron chi connectivity index (χ1n) is 6.02. The van der Waals surface area contributed by atoms with Crippen LogP contribution in [0.3, 0.4) is 0 Å². The fourth-order valence-corrected chi connectivity index (χ4v) is 2.32. The van der Waals surface area contributed by atoms with Crippen molar-refractivity contribution < 1.29 is 9.90 Å². The highest BCUT2D eigenvalue weighted by atomic mass is 16.4. The maximum absolute atomic E-state index is 10.8. The number of hydrogen-bond acceptors (Lipinski definition) is 4. The van der Waals surface area contributed by atoms with Gasteiger partial charge in [-0.1, -0.05) is 6.92 Å². The van der Waals surface area contributed by atoms with E-state index < -0.39 is 6.09 Å². The molecule has 2 heterocycles. The minimum atomic E-state index is -0.976. The molecule has 2 atom stereocenters. The topological polar surface area (TPSA) is 91.5 Å². The lowest BCUT2D eigenvalue weighted by atomic mass is 9.93. The number of nitrogens with two attached hydrogens (primary N) is 1. The molecule has 1 aromatic heterocycles. The average Bonchev–Trinajstić information content (AvgIpc) is 2.32. The molecule has 0 bridgehead atoms. The zero-order chi connectivity index (χ0) is 13.1. The molecule has 98 valence electrons. The van der Waals surface area contributed by atoms with Gasteiger partial charge in [0.1, 0.15) is 0 Å². The smallest absolute Gasteiger partial charge is 0.404 e. The van der Waals surface area contributed by atoms with E-state index in [1.165, 1.54) is 0 Å². The average molecular weight is 250 g/mol. The van der Waals surface area contributed by atoms with E-state index in [2.05, 4.69) is 22.1 Å². The predicted octanol–water partition coefficient (Wildman–Crippen LogP) is 1.15. The zero-order valence-corrected chi connectivity index (χ0v) is 10.3. The van der Waals surface area contributed by atoms with Gasteiger partial charge in [0.25, 0.3) is 0 Å². The number of amides is 1. The summed E-state index contributed by atoms with van der Waals surface area (Å²) >= 11 is 0. The predicted molar refractivity (Wildman–Crippen MR) is 69.6 cm³/mol. The monoisotopic (exact) mass is 250 g/mol. The fourth-order valence-electron chi connectivity index (χ4n) is 2.32. The minimum absolute atomic E-state index is 0.0659. The Balaban J connectivity index is 2.12. The number of nitrogens with zero attached hydrogens (tertiary/aromatic N) is 2. The van der Waals surface area contributed by atoms with E-state index in [1.54, 1.807) is 12.4 Å². The summed E-state index contributed by atoms with van der Waals surface area (Å²) in [5.74, 6) is 0.334. The van der Waals surface area contributed by atoms with Crippen LogP contribution in [0.2, 0.25) is 0 Å². The third kappa shape index (κ3) is 2.64. The van der Waals surface area contributed by atoms with E-state index in [0.29, 0.717) is 18.2 Å². The van der Waals surface area contributed by atoms with Crippen molar-refractivity contribution >= 4 is 17.5 Å². The van der Waals surface area contributed by atoms with Crippen molar-refractivity contribution in [3.8, 4) is 0 Å². The summed E-state index contributed by atoms with van der Waals surface area (Å²) in [6.45, 7) is 3.59. The number of hydrogen-bond donors (Lipinski definition) is 3. The molecule has 0 aromatic carbocycles. The van der Waals surface area contributed by atoms with Gasteiger partial charge in [-0.25, -0.2) is 4.79 Å². The molecule has 0 saturated carbocycles. The van der Waals surface area contributed by atoms with Crippen LogP contribution in [0.5, 0.6) is 0 Å². The molecular formula is C12H18N4O2. The largest absolute Gasteiger partial charge is 0.465 e. The zero-order valence-electron chi connectivity index (χ0n) is 10.3. The first kappa shape index (κ1) is 12.5. The molecule has 18 heavy (non-hydrogen) atoms. The van der Waals surface area contributed by atoms with Crippen molar-refractivity contribution in [2.24, 2.45) is 5.92 Å². The summed E-state index contributed by atoms with van der Waals surface area (Å²) in [7, 11) is 0. The summed E-state index contributed by atoms with van der Waals surface area (Å²) in [4.78, 5) is 16.8. The van der Waals surface area contributed by atoms with Gasteiger partial charge in [-0.05, 0) is 18.4 Å². The van der Waals surface area contributed by atoms with E-state index in [9.17, 15) is 4.79 Å². The van der Waals surface area contributed by atoms with Gasteiger partial charge in [0.2, 0.25) is 0 Å². The molecule has 0 spiro atoms. The van der Waals surface area contributed by atoms with Crippen LogP contribution in [-0.4, -0.2) is 35.3 Å². The number of anilines is 2. The van der Waals surface area contributed by atoms with E-state index >= 15 is 0 Å². The SMILES string of the molecule is CC1CCN(c2ccncc2N)CC1NC(=O)O. The number of rotatable bonds is 2. The third-order valence-corrected chi connectivity index (χ3v) is 3.44. The van der Waals surface area contributed by atoms with Crippen molar-refractivity contribution in [2.45, 2.75) is 19.4 Å². The normalized spacial score (nSPS) is 23.7. The Morgan fingerprint density at radius 3 is 3.11 bits per heavy atom. The molecule has 1 fully saturated rings. The summed E-state index contributed by atoms with van der Waals surface area (Å²) in [5.41, 5.74) is 7.44. The van der Waals surface area contributed by atoms with Gasteiger partial charge in [0.15, 0.2) is 0 Å². The molecule has 2 rings (SSSR count). The first-order chi connectivity index (χ1) is 8.58. The molecular weight excluding hydrogens is 232 g/mol. The van der Waals surface area contributed by atoms with Crippen molar-refractivity contribution in [3.63, 3.8) is 0 Å². The highest BCUT2D eigenvalue weighted by Crippen LogP contribution is 2.27. The Morgan fingerprint density at radius 2 is 2.44 bits per heavy atom. The molecule has 0 radical (unpaired) electrons. The Hall–Kier alpha value is -1.98. The van der Waals surface area contributed by atoms with Crippen molar-refractivity contribution in [1.29, 1.82) is 0 Å². The Bertz CT molecular complexity index is 438. The van der Waals surface area contributed by atoms with Gasteiger partial charge in [0, 0.05) is 19.3 Å². The Labute approximate surface area is 106 Å². The van der Waals surface area contributed by atoms with Crippen LogP contribution in [-0.2, 0) is 0 Å². The quantitative estimate of drug-likeness (QED) is 0.732. The van der Waals surface area contributed by atoms with Crippen LogP contribution >= 0.6 is 0 Å². The molecule has 1 aromatic rings. The molecule has 4 N–H and O–H groups in total. The molecule has 0 aliphatic carbocycles. The van der Waals surface area contributed by atoms with Crippen LogP contribution in [0.25, 0.3) is 0 Å². The van der Waals surface area contributed by atoms with E-state index in [1.807, 2.05) is 6.07 Å². The maximum atomic E-state index is 10.8. The van der Waals surface area contributed by atoms with Crippen molar-refractivity contribution in [1.82, 2.24) is 10.3 Å². The van der Waals surface area contributed by atoms with Crippen LogP contribution in [0.15, 0.2) is 18.5 Å². The molecule has 6 heteroatoms. The molecule has 6 nitrogen and oxygen atoms in total. The molecule has 1 saturated heterocycles. The number of nitrogen functional groups attached to an aromatic ring is 1. The van der Waals surface area contributed by atoms with E-state index in [-0.39, 0.29) is 6.04 Å². The second-order valence-corrected chi connectivity index (χ2v) is 4.70. The van der Waals surface area contributed by atoms with Gasteiger partial charge >= 0.3 is 6.09 Å². The number of piperidine rings is 1. The highest BCUT2D eigenvalue weighted by Gasteiger charge is 2.28. The second kappa shape index (κ2) is 5.12. The lowest BCUT2D eigenvalue weighted by Gasteiger charge is -2.38. The number of nitrogens with one attached hydrogen (secondary N) is 1. The van der Waals surface area contributed by atoms with Crippen LogP contribution < -0.4 is 16.0 Å². The number of aromatic nitrogens is 1. The molecule has 1 aliphatic rings. The number of pyridine rings is 1. The summed E-state index contributed by atoms with van der Waals surface area (Å²) in [6.07, 6.45) is 3.28. The van der Waals surface area contributed by atoms with Gasteiger partial charge in [0.05, 0.1) is 23.6 Å². The van der Waals surface area contributed by atoms with Gasteiger partial charge in [-0.3, -0.25) is 4.98 Å². The lowest BCUT2D eigenvalue weighted by molar-refractivity contribution is 0.182. The first-order valence-corrected chi connectivity index (χ1v) is 6.02. The molecule has 1 amide bonds. The van der Waals surface area contributed by atoms with Crippen molar-refractivity contribution in [2.75, 3.05) is 23.7 Å². The van der Waals surface area contributed by atoms with Gasteiger partial charge < -0.3 is 21.1 Å². The van der Waals surface area contributed by atoms with Gasteiger partial charge in [-0.2, -0.15) is 0 Å². The Kier molecular flexibility index (Phi) is 3.55. The summed E-state index contributed by atoms with van der Waals surface area (Å²) < 4.78 is 0. The number of carboxylic acid groups (broad SMARTS) is 1. The number of carbonyl (C=O) groups is 1. The third-order valence-electron chi connectivity index (χ3n) is 3.44. The summed E-state index contributed by atoms with van der Waals surface area (Å²) in [6, 6.07) is 1.80. The maximum Gasteiger partial charge on any atom is 0.404 e. The highest BCUT2D eigenvalue weighted by molar-refractivity contribution is 5.67. The van der Waals surface area contributed by atoms with Crippen molar-refractivity contribution in [3.05, 3.63) is 18.5 Å². The molecule has 1 aliphatic heterocycles. The van der Waals surface area contributed by atoms with E-state index in [0.717, 1.165) is 18.7 Å². The lowest BCUT2D eigenvalue weighted by Crippen LogP contribution is -2.51. The second-order valence-electron chi connectivity index (χ2n) is 4.70. The minimum Gasteiger partial charge on any atom is -0.465 e. The van der Waals surface area contributed by atoms with Crippen LogP contribution in [0, 0.1) is 5.92 Å². The van der Waals surface area contributed by atoms with Gasteiger partial charge in [-0.15, -0.1) is 0 Å². The molecule has 2 unspecified atom stereocenters.